The Kier molecular flexibility index (Phi) is 5.93. The Bertz CT molecular complexity index is 813. The number of benzene rings is 2. The number of anilines is 1. The number of halogens is 3. The molecule has 0 fully saturated rings. The van der Waals surface area contributed by atoms with E-state index >= 15 is 0 Å². The smallest absolute Gasteiger partial charge is 0.341 e. The van der Waals surface area contributed by atoms with Crippen molar-refractivity contribution in [3.8, 4) is 5.75 Å². The molecule has 25 heavy (non-hydrogen) atoms. The van der Waals surface area contributed by atoms with E-state index in [1.54, 1.807) is 12.1 Å². The monoisotopic (exact) mass is 369 g/mol. The van der Waals surface area contributed by atoms with Crippen LogP contribution >= 0.6 is 11.6 Å². The first-order chi connectivity index (χ1) is 11.8. The summed E-state index contributed by atoms with van der Waals surface area (Å²) in [6, 6.07) is 7.02. The third-order valence-corrected chi connectivity index (χ3v) is 3.46. The molecule has 1 amide bonds. The van der Waals surface area contributed by atoms with Crippen molar-refractivity contribution in [3.05, 3.63) is 58.6 Å². The van der Waals surface area contributed by atoms with Crippen LogP contribution in [0.4, 0.5) is 14.5 Å². The van der Waals surface area contributed by atoms with Crippen LogP contribution in [0, 0.1) is 11.6 Å². The van der Waals surface area contributed by atoms with E-state index in [4.69, 9.17) is 21.1 Å². The number of carbonyl (C=O) groups is 2. The van der Waals surface area contributed by atoms with Gasteiger partial charge in [-0.1, -0.05) is 11.6 Å². The molecule has 132 valence electrons. The third kappa shape index (κ3) is 4.67. The first kappa shape index (κ1) is 18.7. The van der Waals surface area contributed by atoms with Gasteiger partial charge in [-0.25, -0.2) is 13.6 Å². The summed E-state index contributed by atoms with van der Waals surface area (Å²) in [6.45, 7) is 1.31. The lowest BCUT2D eigenvalue weighted by Crippen LogP contribution is -2.30. The zero-order chi connectivity index (χ0) is 18.6. The van der Waals surface area contributed by atoms with Crippen molar-refractivity contribution in [2.45, 2.75) is 13.0 Å². The van der Waals surface area contributed by atoms with E-state index in [2.05, 4.69) is 5.32 Å². The van der Waals surface area contributed by atoms with Crippen LogP contribution in [-0.2, 0) is 9.53 Å². The summed E-state index contributed by atoms with van der Waals surface area (Å²) < 4.78 is 36.4. The standard InChI is InChI=1S/C17H14ClF2NO4/c1-9(25-17(23)12-5-4-11(19)8-13(12)20)16(22)21-14-7-10(18)3-6-15(14)24-2/h3-9H,1-2H3,(H,21,22)/t9-/m1/s1. The SMILES string of the molecule is COc1ccc(Cl)cc1NC(=O)[C@@H](C)OC(=O)c1ccc(F)cc1F. The van der Waals surface area contributed by atoms with Gasteiger partial charge in [-0.3, -0.25) is 4.79 Å². The van der Waals surface area contributed by atoms with E-state index in [-0.39, 0.29) is 5.69 Å². The second-order valence-electron chi connectivity index (χ2n) is 5.01. The predicted octanol–water partition coefficient (Wildman–Crippen LogP) is 3.81. The highest BCUT2D eigenvalue weighted by Crippen LogP contribution is 2.27. The summed E-state index contributed by atoms with van der Waals surface area (Å²) in [7, 11) is 1.42. The lowest BCUT2D eigenvalue weighted by molar-refractivity contribution is -0.123. The lowest BCUT2D eigenvalue weighted by atomic mass is 10.2. The van der Waals surface area contributed by atoms with Crippen molar-refractivity contribution >= 4 is 29.2 Å². The van der Waals surface area contributed by atoms with Crippen molar-refractivity contribution in [1.29, 1.82) is 0 Å². The van der Waals surface area contributed by atoms with Crippen molar-refractivity contribution in [1.82, 2.24) is 0 Å². The molecule has 0 aromatic heterocycles. The molecule has 2 rings (SSSR count). The molecule has 0 aliphatic heterocycles. The van der Waals surface area contributed by atoms with Gasteiger partial charge in [0.25, 0.3) is 5.91 Å². The van der Waals surface area contributed by atoms with Crippen LogP contribution in [0.1, 0.15) is 17.3 Å². The number of esters is 1. The first-order valence-corrected chi connectivity index (χ1v) is 7.50. The summed E-state index contributed by atoms with van der Waals surface area (Å²) in [5, 5.41) is 2.87. The number of amides is 1. The molecule has 2 aromatic rings. The lowest BCUT2D eigenvalue weighted by Gasteiger charge is -2.15. The number of carbonyl (C=O) groups excluding carboxylic acids is 2. The van der Waals surface area contributed by atoms with Crippen LogP contribution in [0.15, 0.2) is 36.4 Å². The van der Waals surface area contributed by atoms with Crippen LogP contribution < -0.4 is 10.1 Å². The zero-order valence-electron chi connectivity index (χ0n) is 13.3. The van der Waals surface area contributed by atoms with Gasteiger partial charge < -0.3 is 14.8 Å². The van der Waals surface area contributed by atoms with E-state index in [0.29, 0.717) is 16.8 Å². The number of methoxy groups -OCH3 is 1. The Hall–Kier alpha value is -2.67. The Balaban J connectivity index is 2.07. The van der Waals surface area contributed by atoms with Crippen molar-refractivity contribution in [2.75, 3.05) is 12.4 Å². The molecule has 5 nitrogen and oxygen atoms in total. The molecule has 0 bridgehead atoms. The molecule has 1 N–H and O–H groups in total. The number of hydrogen-bond acceptors (Lipinski definition) is 4. The normalized spacial score (nSPS) is 11.6. The van der Waals surface area contributed by atoms with Gasteiger partial charge in [-0.05, 0) is 37.3 Å². The topological polar surface area (TPSA) is 64.6 Å². The van der Waals surface area contributed by atoms with Gasteiger partial charge in [0, 0.05) is 11.1 Å². The minimum Gasteiger partial charge on any atom is -0.495 e. The van der Waals surface area contributed by atoms with Crippen LogP contribution in [0.2, 0.25) is 5.02 Å². The zero-order valence-corrected chi connectivity index (χ0v) is 14.1. The minimum absolute atomic E-state index is 0.288. The second-order valence-corrected chi connectivity index (χ2v) is 5.44. The van der Waals surface area contributed by atoms with Gasteiger partial charge in [-0.15, -0.1) is 0 Å². The molecule has 0 aliphatic rings. The molecule has 0 saturated carbocycles. The maximum absolute atomic E-state index is 13.6. The van der Waals surface area contributed by atoms with Crippen LogP contribution in [0.3, 0.4) is 0 Å². The van der Waals surface area contributed by atoms with Gasteiger partial charge >= 0.3 is 5.97 Å². The highest BCUT2D eigenvalue weighted by molar-refractivity contribution is 6.31. The molecular formula is C17H14ClF2NO4. The second kappa shape index (κ2) is 7.94. The fourth-order valence-electron chi connectivity index (χ4n) is 1.94. The average molecular weight is 370 g/mol. The maximum atomic E-state index is 13.6. The molecule has 0 radical (unpaired) electrons. The van der Waals surface area contributed by atoms with E-state index in [1.807, 2.05) is 0 Å². The Labute approximate surface area is 147 Å². The summed E-state index contributed by atoms with van der Waals surface area (Å²) >= 11 is 5.87. The molecule has 0 spiro atoms. The Morgan fingerprint density at radius 3 is 2.52 bits per heavy atom. The third-order valence-electron chi connectivity index (χ3n) is 3.22. The van der Waals surface area contributed by atoms with Gasteiger partial charge in [0.15, 0.2) is 6.10 Å². The van der Waals surface area contributed by atoms with Crippen molar-refractivity contribution < 1.29 is 27.8 Å². The Morgan fingerprint density at radius 2 is 1.88 bits per heavy atom. The number of ether oxygens (including phenoxy) is 2. The number of hydrogen-bond donors (Lipinski definition) is 1. The van der Waals surface area contributed by atoms with E-state index in [1.165, 1.54) is 20.1 Å². The molecule has 2 aromatic carbocycles. The predicted molar refractivity (Wildman–Crippen MR) is 87.9 cm³/mol. The summed E-state index contributed by atoms with van der Waals surface area (Å²) in [5.41, 5.74) is -0.183. The largest absolute Gasteiger partial charge is 0.495 e. The van der Waals surface area contributed by atoms with Gasteiger partial charge in [-0.2, -0.15) is 0 Å². The Morgan fingerprint density at radius 1 is 1.16 bits per heavy atom. The highest BCUT2D eigenvalue weighted by atomic mass is 35.5. The highest BCUT2D eigenvalue weighted by Gasteiger charge is 2.22. The van der Waals surface area contributed by atoms with Gasteiger partial charge in [0.2, 0.25) is 0 Å². The first-order valence-electron chi connectivity index (χ1n) is 7.12. The molecule has 0 unspecified atom stereocenters. The van der Waals surface area contributed by atoms with Gasteiger partial charge in [0.05, 0.1) is 18.4 Å². The summed E-state index contributed by atoms with van der Waals surface area (Å²) in [6.07, 6.45) is -1.24. The maximum Gasteiger partial charge on any atom is 0.341 e. The molecule has 8 heteroatoms. The minimum atomic E-state index is -1.24. The number of rotatable bonds is 5. The molecule has 0 saturated heterocycles. The van der Waals surface area contributed by atoms with E-state index in [0.717, 1.165) is 12.1 Å². The van der Waals surface area contributed by atoms with Crippen molar-refractivity contribution in [3.63, 3.8) is 0 Å². The van der Waals surface area contributed by atoms with E-state index in [9.17, 15) is 18.4 Å². The molecule has 0 aliphatic carbocycles. The summed E-state index contributed by atoms with van der Waals surface area (Å²) in [5.74, 6) is -3.29. The fraction of sp³-hybridized carbons (Fsp3) is 0.176. The van der Waals surface area contributed by atoms with Crippen molar-refractivity contribution in [2.24, 2.45) is 0 Å². The van der Waals surface area contributed by atoms with Crippen LogP contribution in [0.25, 0.3) is 0 Å². The quantitative estimate of drug-likeness (QED) is 0.814. The van der Waals surface area contributed by atoms with Crippen LogP contribution in [0.5, 0.6) is 5.75 Å². The fourth-order valence-corrected chi connectivity index (χ4v) is 2.12. The summed E-state index contributed by atoms with van der Waals surface area (Å²) in [4.78, 5) is 24.1. The number of nitrogens with one attached hydrogen (secondary N) is 1. The molecule has 1 atom stereocenters. The van der Waals surface area contributed by atoms with E-state index < -0.39 is 35.2 Å². The molecule has 0 heterocycles. The van der Waals surface area contributed by atoms with Crippen LogP contribution in [-0.4, -0.2) is 25.1 Å². The molecular weight excluding hydrogens is 356 g/mol. The van der Waals surface area contributed by atoms with Gasteiger partial charge in [0.1, 0.15) is 17.4 Å². The average Bonchev–Trinajstić information content (AvgIpc) is 2.54.